The van der Waals surface area contributed by atoms with Gasteiger partial charge in [0.05, 0.1) is 5.57 Å². The fraction of sp³-hybridized carbons (Fsp3) is 0.143. The Hall–Kier alpha value is -3.05. The highest BCUT2D eigenvalue weighted by atomic mass is 35.5. The fourth-order valence-electron chi connectivity index (χ4n) is 3.50. The van der Waals surface area contributed by atoms with Crippen LogP contribution in [-0.4, -0.2) is 32.9 Å². The number of aromatic nitrogens is 1. The summed E-state index contributed by atoms with van der Waals surface area (Å²) in [5.41, 5.74) is 2.64. The molecule has 0 aliphatic carbocycles. The van der Waals surface area contributed by atoms with Gasteiger partial charge in [-0.05, 0) is 35.7 Å². The van der Waals surface area contributed by atoms with Gasteiger partial charge in [0.15, 0.2) is 5.76 Å². The number of para-hydroxylation sites is 1. The van der Waals surface area contributed by atoms with Crippen LogP contribution in [0.2, 0.25) is 5.02 Å². The second kappa shape index (κ2) is 6.59. The summed E-state index contributed by atoms with van der Waals surface area (Å²) in [6.45, 7) is 0.201. The van der Waals surface area contributed by atoms with Crippen molar-refractivity contribution in [2.75, 3.05) is 6.54 Å². The van der Waals surface area contributed by atoms with E-state index in [9.17, 15) is 14.7 Å². The minimum atomic E-state index is -0.662. The van der Waals surface area contributed by atoms with Crippen molar-refractivity contribution in [2.45, 2.75) is 6.42 Å². The van der Waals surface area contributed by atoms with Gasteiger partial charge in [-0.15, -0.1) is 0 Å². The summed E-state index contributed by atoms with van der Waals surface area (Å²) >= 11 is 5.87. The summed E-state index contributed by atoms with van der Waals surface area (Å²) in [7, 11) is 1.96. The first-order valence-corrected chi connectivity index (χ1v) is 8.93. The number of nitrogens with zero attached hydrogens (tertiary/aromatic N) is 2. The largest absolute Gasteiger partial charge is 0.502 e. The molecular weight excluding hydrogens is 364 g/mol. The van der Waals surface area contributed by atoms with Crippen LogP contribution >= 0.6 is 11.6 Å². The molecule has 1 aliphatic rings. The van der Waals surface area contributed by atoms with Crippen molar-refractivity contribution in [1.82, 2.24) is 9.47 Å². The van der Waals surface area contributed by atoms with E-state index >= 15 is 0 Å². The van der Waals surface area contributed by atoms with Crippen LogP contribution in [0.3, 0.4) is 0 Å². The maximum absolute atomic E-state index is 12.8. The van der Waals surface area contributed by atoms with Crippen molar-refractivity contribution in [1.29, 1.82) is 0 Å². The number of hydrogen-bond acceptors (Lipinski definition) is 3. The monoisotopic (exact) mass is 380 g/mol. The number of benzene rings is 2. The molecular formula is C21H17ClN2O3. The summed E-state index contributed by atoms with van der Waals surface area (Å²) in [4.78, 5) is 26.3. The SMILES string of the molecule is Cn1cc(CCN2C(=O)C(O)=C(c3ccc(Cl)cc3)C2=O)c2ccccc21. The summed E-state index contributed by atoms with van der Waals surface area (Å²) in [6.07, 6.45) is 2.52. The predicted octanol–water partition coefficient (Wildman–Crippen LogP) is 3.71. The van der Waals surface area contributed by atoms with Crippen LogP contribution in [0, 0.1) is 0 Å². The molecule has 5 nitrogen and oxygen atoms in total. The first-order chi connectivity index (χ1) is 13.0. The van der Waals surface area contributed by atoms with Gasteiger partial charge < -0.3 is 9.67 Å². The fourth-order valence-corrected chi connectivity index (χ4v) is 3.63. The van der Waals surface area contributed by atoms with Crippen LogP contribution in [0.4, 0.5) is 0 Å². The Kier molecular flexibility index (Phi) is 4.24. The van der Waals surface area contributed by atoms with E-state index in [2.05, 4.69) is 0 Å². The van der Waals surface area contributed by atoms with Crippen LogP contribution in [0.1, 0.15) is 11.1 Å². The number of hydrogen-bond donors (Lipinski definition) is 1. The number of aryl methyl sites for hydroxylation is 1. The molecule has 1 aromatic heterocycles. The van der Waals surface area contributed by atoms with Crippen molar-refractivity contribution in [3.8, 4) is 0 Å². The van der Waals surface area contributed by atoms with E-state index in [4.69, 9.17) is 11.6 Å². The highest BCUT2D eigenvalue weighted by molar-refractivity contribution is 6.35. The lowest BCUT2D eigenvalue weighted by molar-refractivity contribution is -0.138. The summed E-state index contributed by atoms with van der Waals surface area (Å²) < 4.78 is 2.02. The molecule has 0 atom stereocenters. The molecule has 136 valence electrons. The summed E-state index contributed by atoms with van der Waals surface area (Å²) in [5, 5.41) is 11.8. The number of imide groups is 1. The van der Waals surface area contributed by atoms with E-state index in [-0.39, 0.29) is 12.1 Å². The smallest absolute Gasteiger partial charge is 0.296 e. The first kappa shape index (κ1) is 17.4. The number of halogens is 1. The van der Waals surface area contributed by atoms with Gasteiger partial charge in [0, 0.05) is 35.7 Å². The summed E-state index contributed by atoms with van der Waals surface area (Å²) in [5.74, 6) is -1.66. The average molecular weight is 381 g/mol. The second-order valence-electron chi connectivity index (χ2n) is 6.52. The molecule has 3 aromatic rings. The summed E-state index contributed by atoms with van der Waals surface area (Å²) in [6, 6.07) is 14.5. The van der Waals surface area contributed by atoms with Crippen LogP contribution in [-0.2, 0) is 23.1 Å². The second-order valence-corrected chi connectivity index (χ2v) is 6.96. The quantitative estimate of drug-likeness (QED) is 0.702. The Morgan fingerprint density at radius 2 is 1.70 bits per heavy atom. The minimum Gasteiger partial charge on any atom is -0.502 e. The van der Waals surface area contributed by atoms with E-state index < -0.39 is 17.6 Å². The lowest BCUT2D eigenvalue weighted by Gasteiger charge is -2.14. The van der Waals surface area contributed by atoms with E-state index in [0.29, 0.717) is 17.0 Å². The van der Waals surface area contributed by atoms with E-state index in [1.54, 1.807) is 24.3 Å². The first-order valence-electron chi connectivity index (χ1n) is 8.55. The lowest BCUT2D eigenvalue weighted by Crippen LogP contribution is -2.33. The maximum Gasteiger partial charge on any atom is 0.296 e. The Morgan fingerprint density at radius 3 is 2.44 bits per heavy atom. The van der Waals surface area contributed by atoms with E-state index in [1.807, 2.05) is 42.1 Å². The zero-order valence-electron chi connectivity index (χ0n) is 14.6. The zero-order chi connectivity index (χ0) is 19.1. The van der Waals surface area contributed by atoms with Gasteiger partial charge in [-0.25, -0.2) is 0 Å². The Labute approximate surface area is 161 Å². The van der Waals surface area contributed by atoms with Gasteiger partial charge in [-0.2, -0.15) is 0 Å². The van der Waals surface area contributed by atoms with Crippen molar-refractivity contribution in [3.05, 3.63) is 76.6 Å². The molecule has 2 heterocycles. The van der Waals surface area contributed by atoms with E-state index in [1.165, 1.54) is 0 Å². The molecule has 0 saturated heterocycles. The number of carbonyl (C=O) groups is 2. The number of carbonyl (C=O) groups excluding carboxylic acids is 2. The predicted molar refractivity (Wildman–Crippen MR) is 104 cm³/mol. The molecule has 2 amide bonds. The molecule has 0 fully saturated rings. The number of fused-ring (bicyclic) bond motifs is 1. The van der Waals surface area contributed by atoms with Gasteiger partial charge in [0.2, 0.25) is 0 Å². The number of rotatable bonds is 4. The molecule has 1 aliphatic heterocycles. The molecule has 27 heavy (non-hydrogen) atoms. The van der Waals surface area contributed by atoms with Gasteiger partial charge in [-0.1, -0.05) is 41.9 Å². The Balaban J connectivity index is 1.58. The van der Waals surface area contributed by atoms with Gasteiger partial charge >= 0.3 is 0 Å². The molecule has 0 unspecified atom stereocenters. The van der Waals surface area contributed by atoms with Gasteiger partial charge in [-0.3, -0.25) is 14.5 Å². The highest BCUT2D eigenvalue weighted by Crippen LogP contribution is 2.29. The molecule has 6 heteroatoms. The standard InChI is InChI=1S/C21H17ClN2O3/c1-23-12-14(16-4-2-3-5-17(16)23)10-11-24-20(26)18(19(25)21(24)27)13-6-8-15(22)9-7-13/h2-9,12,25H,10-11H2,1H3. The van der Waals surface area contributed by atoms with Crippen molar-refractivity contribution >= 4 is 39.9 Å². The topological polar surface area (TPSA) is 62.5 Å². The Morgan fingerprint density at radius 1 is 1.00 bits per heavy atom. The highest BCUT2D eigenvalue weighted by Gasteiger charge is 2.38. The third-order valence-corrected chi connectivity index (χ3v) is 5.11. The van der Waals surface area contributed by atoms with Gasteiger partial charge in [0.25, 0.3) is 11.8 Å². The number of amides is 2. The third-order valence-electron chi connectivity index (χ3n) is 4.86. The minimum absolute atomic E-state index is 0.0228. The maximum atomic E-state index is 12.8. The van der Waals surface area contributed by atoms with Crippen LogP contribution < -0.4 is 0 Å². The van der Waals surface area contributed by atoms with Gasteiger partial charge in [0.1, 0.15) is 0 Å². The Bertz CT molecular complexity index is 1100. The van der Waals surface area contributed by atoms with Crippen LogP contribution in [0.15, 0.2) is 60.5 Å². The molecule has 4 rings (SSSR count). The molecule has 0 bridgehead atoms. The van der Waals surface area contributed by atoms with E-state index in [0.717, 1.165) is 21.4 Å². The van der Waals surface area contributed by atoms with Crippen molar-refractivity contribution in [3.63, 3.8) is 0 Å². The molecule has 0 radical (unpaired) electrons. The van der Waals surface area contributed by atoms with Crippen LogP contribution in [0.5, 0.6) is 0 Å². The normalized spacial score (nSPS) is 14.7. The van der Waals surface area contributed by atoms with Crippen LogP contribution in [0.25, 0.3) is 16.5 Å². The van der Waals surface area contributed by atoms with Crippen molar-refractivity contribution < 1.29 is 14.7 Å². The number of aliphatic hydroxyl groups is 1. The average Bonchev–Trinajstić information content (AvgIpc) is 3.09. The lowest BCUT2D eigenvalue weighted by atomic mass is 10.1. The third kappa shape index (κ3) is 2.90. The van der Waals surface area contributed by atoms with Crippen molar-refractivity contribution in [2.24, 2.45) is 7.05 Å². The number of aliphatic hydroxyl groups excluding tert-OH is 1. The molecule has 0 spiro atoms. The zero-order valence-corrected chi connectivity index (χ0v) is 15.4. The molecule has 2 aromatic carbocycles. The molecule has 0 saturated carbocycles. The molecule has 1 N–H and O–H groups in total.